The van der Waals surface area contributed by atoms with Gasteiger partial charge in [0, 0.05) is 0 Å². The first-order valence-electron chi connectivity index (χ1n) is 4.86. The molecule has 0 aromatic carbocycles. The fourth-order valence-corrected chi connectivity index (χ4v) is 1.56. The number of nitrogens with zero attached hydrogens (tertiary/aromatic N) is 1. The summed E-state index contributed by atoms with van der Waals surface area (Å²) in [5, 5.41) is 2.49. The first-order chi connectivity index (χ1) is 6.97. The summed E-state index contributed by atoms with van der Waals surface area (Å²) in [6.07, 6.45) is -2.20. The van der Waals surface area contributed by atoms with Crippen LogP contribution in [-0.4, -0.2) is 41.8 Å². The zero-order valence-corrected chi connectivity index (χ0v) is 8.67. The molecule has 0 saturated carbocycles. The molecule has 0 aliphatic carbocycles. The monoisotopic (exact) mass is 220 g/mol. The molecule has 1 aliphatic heterocycles. The second kappa shape index (κ2) is 4.55. The molecule has 0 bridgehead atoms. The first kappa shape index (κ1) is 11.9. The van der Waals surface area contributed by atoms with Gasteiger partial charge in [0.1, 0.15) is 12.1 Å². The SMILES string of the molecule is CCC1NC(=O)C(C)N(CC(F)F)C1=O. The molecule has 2 unspecified atom stereocenters. The number of hydrogen-bond donors (Lipinski definition) is 1. The lowest BCUT2D eigenvalue weighted by molar-refractivity contribution is -0.150. The molecule has 0 aromatic heterocycles. The largest absolute Gasteiger partial charge is 0.343 e. The van der Waals surface area contributed by atoms with Crippen LogP contribution >= 0.6 is 0 Å². The average Bonchev–Trinajstić information content (AvgIpc) is 2.18. The van der Waals surface area contributed by atoms with Gasteiger partial charge in [-0.25, -0.2) is 8.78 Å². The highest BCUT2D eigenvalue weighted by Crippen LogP contribution is 2.13. The number of carbonyl (C=O) groups is 2. The van der Waals surface area contributed by atoms with E-state index in [4.69, 9.17) is 0 Å². The van der Waals surface area contributed by atoms with Crippen molar-refractivity contribution in [1.29, 1.82) is 0 Å². The molecule has 0 spiro atoms. The highest BCUT2D eigenvalue weighted by molar-refractivity contribution is 5.96. The van der Waals surface area contributed by atoms with Gasteiger partial charge in [-0.3, -0.25) is 9.59 Å². The summed E-state index contributed by atoms with van der Waals surface area (Å²) in [4.78, 5) is 23.9. The number of nitrogens with one attached hydrogen (secondary N) is 1. The van der Waals surface area contributed by atoms with Gasteiger partial charge in [-0.05, 0) is 13.3 Å². The van der Waals surface area contributed by atoms with Crippen LogP contribution in [0.2, 0.25) is 0 Å². The fourth-order valence-electron chi connectivity index (χ4n) is 1.56. The normalized spacial score (nSPS) is 27.1. The van der Waals surface area contributed by atoms with Crippen molar-refractivity contribution in [3.63, 3.8) is 0 Å². The number of halogens is 2. The zero-order valence-electron chi connectivity index (χ0n) is 8.67. The standard InChI is InChI=1S/C9H14F2N2O2/c1-3-6-9(15)13(4-7(10)11)5(2)8(14)12-6/h5-7H,3-4H2,1-2H3,(H,12,14). The van der Waals surface area contributed by atoms with Crippen LogP contribution in [0.5, 0.6) is 0 Å². The van der Waals surface area contributed by atoms with Crippen molar-refractivity contribution in [3.05, 3.63) is 0 Å². The highest BCUT2D eigenvalue weighted by Gasteiger charge is 2.38. The second-order valence-electron chi connectivity index (χ2n) is 3.53. The van der Waals surface area contributed by atoms with Gasteiger partial charge in [0.15, 0.2) is 0 Å². The van der Waals surface area contributed by atoms with Gasteiger partial charge < -0.3 is 10.2 Å². The van der Waals surface area contributed by atoms with Crippen LogP contribution in [0.1, 0.15) is 20.3 Å². The number of piperazine rings is 1. The van der Waals surface area contributed by atoms with E-state index in [1.165, 1.54) is 6.92 Å². The van der Waals surface area contributed by atoms with Gasteiger partial charge in [-0.2, -0.15) is 0 Å². The summed E-state index contributed by atoms with van der Waals surface area (Å²) in [5.74, 6) is -0.799. The van der Waals surface area contributed by atoms with Gasteiger partial charge in [-0.15, -0.1) is 0 Å². The van der Waals surface area contributed by atoms with Gasteiger partial charge in [0.05, 0.1) is 6.54 Å². The van der Waals surface area contributed by atoms with E-state index in [2.05, 4.69) is 5.32 Å². The lowest BCUT2D eigenvalue weighted by atomic mass is 10.1. The van der Waals surface area contributed by atoms with Crippen LogP contribution in [0.3, 0.4) is 0 Å². The molecule has 15 heavy (non-hydrogen) atoms. The number of amides is 2. The van der Waals surface area contributed by atoms with E-state index >= 15 is 0 Å². The molecule has 4 nitrogen and oxygen atoms in total. The Morgan fingerprint density at radius 2 is 2.07 bits per heavy atom. The lowest BCUT2D eigenvalue weighted by Gasteiger charge is -2.36. The quantitative estimate of drug-likeness (QED) is 0.747. The molecule has 0 radical (unpaired) electrons. The third kappa shape index (κ3) is 2.43. The molecule has 2 amide bonds. The maximum atomic E-state index is 12.2. The molecule has 0 aromatic rings. The van der Waals surface area contributed by atoms with E-state index in [0.29, 0.717) is 6.42 Å². The van der Waals surface area contributed by atoms with Crippen molar-refractivity contribution in [2.24, 2.45) is 0 Å². The smallest absolute Gasteiger partial charge is 0.255 e. The number of carbonyl (C=O) groups excluding carboxylic acids is 2. The number of alkyl halides is 2. The maximum absolute atomic E-state index is 12.2. The zero-order chi connectivity index (χ0) is 11.6. The average molecular weight is 220 g/mol. The van der Waals surface area contributed by atoms with E-state index in [0.717, 1.165) is 4.90 Å². The third-order valence-electron chi connectivity index (χ3n) is 2.49. The van der Waals surface area contributed by atoms with Gasteiger partial charge in [0.25, 0.3) is 6.43 Å². The molecule has 1 aliphatic rings. The van der Waals surface area contributed by atoms with Crippen molar-refractivity contribution in [2.45, 2.75) is 38.8 Å². The van der Waals surface area contributed by atoms with Crippen LogP contribution < -0.4 is 5.32 Å². The summed E-state index contributed by atoms with van der Waals surface area (Å²) in [5.41, 5.74) is 0. The molecule has 1 heterocycles. The molecule has 2 atom stereocenters. The van der Waals surface area contributed by atoms with E-state index in [1.54, 1.807) is 6.92 Å². The van der Waals surface area contributed by atoms with Crippen LogP contribution in [0.4, 0.5) is 8.78 Å². The Balaban J connectivity index is 2.80. The predicted molar refractivity (Wildman–Crippen MR) is 49.4 cm³/mol. The molecule has 6 heteroatoms. The second-order valence-corrected chi connectivity index (χ2v) is 3.53. The van der Waals surface area contributed by atoms with Gasteiger partial charge >= 0.3 is 0 Å². The van der Waals surface area contributed by atoms with Gasteiger partial charge in [-0.1, -0.05) is 6.92 Å². The molecule has 1 rings (SSSR count). The highest BCUT2D eigenvalue weighted by atomic mass is 19.3. The van der Waals surface area contributed by atoms with Crippen LogP contribution in [0, 0.1) is 0 Å². The fraction of sp³-hybridized carbons (Fsp3) is 0.778. The topological polar surface area (TPSA) is 49.4 Å². The Bertz CT molecular complexity index is 271. The Morgan fingerprint density at radius 1 is 1.47 bits per heavy atom. The van der Waals surface area contributed by atoms with E-state index in [1.807, 2.05) is 0 Å². The number of hydrogen-bond acceptors (Lipinski definition) is 2. The van der Waals surface area contributed by atoms with Crippen LogP contribution in [-0.2, 0) is 9.59 Å². The van der Waals surface area contributed by atoms with Crippen LogP contribution in [0.25, 0.3) is 0 Å². The van der Waals surface area contributed by atoms with Crippen LogP contribution in [0.15, 0.2) is 0 Å². The Labute approximate surface area is 86.6 Å². The third-order valence-corrected chi connectivity index (χ3v) is 2.49. The molecular weight excluding hydrogens is 206 g/mol. The van der Waals surface area contributed by atoms with Crippen molar-refractivity contribution in [1.82, 2.24) is 10.2 Å². The Hall–Kier alpha value is -1.20. The van der Waals surface area contributed by atoms with Crippen molar-refractivity contribution >= 4 is 11.8 Å². The molecule has 86 valence electrons. The number of rotatable bonds is 3. The molecule has 1 fully saturated rings. The molecule has 1 N–H and O–H groups in total. The first-order valence-corrected chi connectivity index (χ1v) is 4.86. The Morgan fingerprint density at radius 3 is 2.53 bits per heavy atom. The minimum atomic E-state index is -2.61. The Kier molecular flexibility index (Phi) is 3.60. The van der Waals surface area contributed by atoms with E-state index in [9.17, 15) is 18.4 Å². The van der Waals surface area contributed by atoms with Crippen molar-refractivity contribution < 1.29 is 18.4 Å². The summed E-state index contributed by atoms with van der Waals surface area (Å²) in [7, 11) is 0. The summed E-state index contributed by atoms with van der Waals surface area (Å²) in [6.45, 7) is 2.49. The summed E-state index contributed by atoms with van der Waals surface area (Å²) >= 11 is 0. The summed E-state index contributed by atoms with van der Waals surface area (Å²) < 4.78 is 24.4. The minimum absolute atomic E-state index is 0.373. The molecular formula is C9H14F2N2O2. The maximum Gasteiger partial charge on any atom is 0.255 e. The minimum Gasteiger partial charge on any atom is -0.343 e. The van der Waals surface area contributed by atoms with Crippen molar-refractivity contribution in [3.8, 4) is 0 Å². The van der Waals surface area contributed by atoms with Gasteiger partial charge in [0.2, 0.25) is 11.8 Å². The van der Waals surface area contributed by atoms with E-state index in [-0.39, 0.29) is 5.91 Å². The van der Waals surface area contributed by atoms with E-state index < -0.39 is 31.0 Å². The lowest BCUT2D eigenvalue weighted by Crippen LogP contribution is -2.62. The predicted octanol–water partition coefficient (Wildman–Crippen LogP) is 0.377. The molecule has 1 saturated heterocycles. The summed E-state index contributed by atoms with van der Waals surface area (Å²) in [6, 6.07) is -1.47. The van der Waals surface area contributed by atoms with Crippen molar-refractivity contribution in [2.75, 3.05) is 6.54 Å².